The first-order chi connectivity index (χ1) is 19.3. The summed E-state index contributed by atoms with van der Waals surface area (Å²) in [6.45, 7) is 4.81. The highest BCUT2D eigenvalue weighted by molar-refractivity contribution is 6.18. The molecule has 0 aliphatic carbocycles. The molecule has 0 saturated carbocycles. The Morgan fingerprint density at radius 1 is 0.805 bits per heavy atom. The number of hydrogen-bond donors (Lipinski definition) is 4. The number of alkyl halides is 2. The van der Waals surface area contributed by atoms with E-state index < -0.39 is 0 Å². The predicted octanol–water partition coefficient (Wildman–Crippen LogP) is 5.16. The molecule has 0 saturated heterocycles. The van der Waals surface area contributed by atoms with E-state index in [0.717, 1.165) is 30.0 Å². The number of hydrazine groups is 2. The quantitative estimate of drug-likeness (QED) is 0.112. The van der Waals surface area contributed by atoms with Crippen molar-refractivity contribution >= 4 is 70.2 Å². The fourth-order valence-corrected chi connectivity index (χ4v) is 4.61. The van der Waals surface area contributed by atoms with Crippen LogP contribution in [0.25, 0.3) is 0 Å². The Balaban J connectivity index is 0.00000588. The summed E-state index contributed by atoms with van der Waals surface area (Å²) in [6, 6.07) is 19.8. The summed E-state index contributed by atoms with van der Waals surface area (Å²) in [6.07, 6.45) is 0. The first-order valence-corrected chi connectivity index (χ1v) is 14.1. The van der Waals surface area contributed by atoms with E-state index in [1.54, 1.807) is 41.4 Å². The van der Waals surface area contributed by atoms with E-state index >= 15 is 0 Å². The summed E-state index contributed by atoms with van der Waals surface area (Å²) < 4.78 is 0. The van der Waals surface area contributed by atoms with Crippen LogP contribution in [-0.4, -0.2) is 62.2 Å². The normalized spacial score (nSPS) is 10.6. The SMILES string of the molecule is CCN(CCCl)c1cc(CN(C)C)cc(NC(=O)c2ccc(C(=O)Nc3cccc(N(CCCl)NN)c3)cc2)c1.Cl. The van der Waals surface area contributed by atoms with Crippen LogP contribution in [0.15, 0.2) is 66.7 Å². The number of anilines is 4. The van der Waals surface area contributed by atoms with Gasteiger partial charge in [0.1, 0.15) is 0 Å². The molecular formula is C29H38Cl3N7O2. The molecule has 3 aromatic carbocycles. The fourth-order valence-electron chi connectivity index (χ4n) is 4.24. The summed E-state index contributed by atoms with van der Waals surface area (Å²) in [5, 5.41) is 7.56. The van der Waals surface area contributed by atoms with E-state index in [2.05, 4.69) is 39.0 Å². The van der Waals surface area contributed by atoms with E-state index in [1.165, 1.54) is 0 Å². The zero-order valence-electron chi connectivity index (χ0n) is 23.5. The minimum atomic E-state index is -0.298. The van der Waals surface area contributed by atoms with Crippen LogP contribution in [0.5, 0.6) is 0 Å². The van der Waals surface area contributed by atoms with Crippen LogP contribution < -0.4 is 31.9 Å². The molecule has 0 aromatic heterocycles. The molecule has 0 radical (unpaired) electrons. The Bertz CT molecular complexity index is 1280. The first-order valence-electron chi connectivity index (χ1n) is 13.0. The Labute approximate surface area is 258 Å². The molecule has 222 valence electrons. The molecule has 5 N–H and O–H groups in total. The number of hydrogen-bond acceptors (Lipinski definition) is 7. The third kappa shape index (κ3) is 10.1. The highest BCUT2D eigenvalue weighted by Crippen LogP contribution is 2.24. The Morgan fingerprint density at radius 2 is 1.39 bits per heavy atom. The number of nitrogens with one attached hydrogen (secondary N) is 3. The van der Waals surface area contributed by atoms with Gasteiger partial charge in [0, 0.05) is 66.1 Å². The van der Waals surface area contributed by atoms with Crippen LogP contribution in [0.3, 0.4) is 0 Å². The largest absolute Gasteiger partial charge is 0.371 e. The van der Waals surface area contributed by atoms with Gasteiger partial charge in [0.25, 0.3) is 11.8 Å². The van der Waals surface area contributed by atoms with Crippen molar-refractivity contribution in [3.63, 3.8) is 0 Å². The van der Waals surface area contributed by atoms with Crippen molar-refractivity contribution in [1.82, 2.24) is 10.4 Å². The van der Waals surface area contributed by atoms with Gasteiger partial charge in [-0.25, -0.2) is 0 Å². The van der Waals surface area contributed by atoms with Gasteiger partial charge in [-0.15, -0.1) is 35.6 Å². The lowest BCUT2D eigenvalue weighted by atomic mass is 10.1. The first kappa shape index (κ1) is 34.2. The van der Waals surface area contributed by atoms with E-state index in [4.69, 9.17) is 29.0 Å². The summed E-state index contributed by atoms with van der Waals surface area (Å²) in [5.41, 5.74) is 7.58. The minimum absolute atomic E-state index is 0. The Morgan fingerprint density at radius 3 is 1.93 bits per heavy atom. The molecule has 0 fully saturated rings. The van der Waals surface area contributed by atoms with Crippen molar-refractivity contribution in [1.29, 1.82) is 0 Å². The molecule has 0 atom stereocenters. The molecule has 2 amide bonds. The van der Waals surface area contributed by atoms with Crippen molar-refractivity contribution in [3.8, 4) is 0 Å². The number of nitrogens with zero attached hydrogens (tertiary/aromatic N) is 3. The van der Waals surface area contributed by atoms with Crippen molar-refractivity contribution < 1.29 is 9.59 Å². The van der Waals surface area contributed by atoms with Gasteiger partial charge in [-0.1, -0.05) is 6.07 Å². The fraction of sp³-hybridized carbons (Fsp3) is 0.310. The lowest BCUT2D eigenvalue weighted by Gasteiger charge is -2.24. The van der Waals surface area contributed by atoms with E-state index in [0.29, 0.717) is 47.4 Å². The summed E-state index contributed by atoms with van der Waals surface area (Å²) >= 11 is 11.8. The molecule has 0 bridgehead atoms. The van der Waals surface area contributed by atoms with Gasteiger partial charge < -0.3 is 20.4 Å². The third-order valence-corrected chi connectivity index (χ3v) is 6.46. The molecule has 0 spiro atoms. The van der Waals surface area contributed by atoms with Crippen LogP contribution in [0.4, 0.5) is 22.7 Å². The average molecular weight is 623 g/mol. The number of rotatable bonds is 14. The number of amides is 2. The molecule has 0 aliphatic rings. The van der Waals surface area contributed by atoms with E-state index in [1.807, 2.05) is 38.4 Å². The number of benzene rings is 3. The number of nitrogens with two attached hydrogens (primary N) is 1. The molecule has 3 aromatic rings. The smallest absolute Gasteiger partial charge is 0.255 e. The molecule has 9 nitrogen and oxygen atoms in total. The van der Waals surface area contributed by atoms with Crippen molar-refractivity contribution in [2.24, 2.45) is 5.84 Å². The molecule has 3 rings (SSSR count). The van der Waals surface area contributed by atoms with Gasteiger partial charge >= 0.3 is 0 Å². The van der Waals surface area contributed by atoms with Crippen molar-refractivity contribution in [2.45, 2.75) is 13.5 Å². The lowest BCUT2D eigenvalue weighted by Crippen LogP contribution is -2.44. The van der Waals surface area contributed by atoms with Gasteiger partial charge in [-0.2, -0.15) is 5.53 Å². The molecule has 0 heterocycles. The van der Waals surface area contributed by atoms with Gasteiger partial charge in [-0.05, 0) is 87.2 Å². The molecular weight excluding hydrogens is 585 g/mol. The highest BCUT2D eigenvalue weighted by Gasteiger charge is 2.13. The van der Waals surface area contributed by atoms with Gasteiger partial charge in [0.15, 0.2) is 0 Å². The van der Waals surface area contributed by atoms with Crippen LogP contribution in [0.1, 0.15) is 33.2 Å². The minimum Gasteiger partial charge on any atom is -0.371 e. The number of carbonyl (C=O) groups excluding carboxylic acids is 2. The zero-order valence-corrected chi connectivity index (χ0v) is 25.8. The maximum Gasteiger partial charge on any atom is 0.255 e. The van der Waals surface area contributed by atoms with Crippen LogP contribution >= 0.6 is 35.6 Å². The second kappa shape index (κ2) is 17.0. The van der Waals surface area contributed by atoms with Gasteiger partial charge in [-0.3, -0.25) is 20.4 Å². The average Bonchev–Trinajstić information content (AvgIpc) is 2.94. The topological polar surface area (TPSA) is 106 Å². The molecule has 41 heavy (non-hydrogen) atoms. The summed E-state index contributed by atoms with van der Waals surface area (Å²) in [5.74, 6) is 5.91. The molecule has 12 heteroatoms. The second-order valence-corrected chi connectivity index (χ2v) is 10.2. The monoisotopic (exact) mass is 621 g/mol. The lowest BCUT2D eigenvalue weighted by molar-refractivity contribution is 0.101. The predicted molar refractivity (Wildman–Crippen MR) is 174 cm³/mol. The maximum absolute atomic E-state index is 13.1. The van der Waals surface area contributed by atoms with Crippen LogP contribution in [0, 0.1) is 0 Å². The van der Waals surface area contributed by atoms with Gasteiger partial charge in [0.2, 0.25) is 0 Å². The summed E-state index contributed by atoms with van der Waals surface area (Å²) in [7, 11) is 4.01. The number of carbonyl (C=O) groups is 2. The zero-order chi connectivity index (χ0) is 29.1. The van der Waals surface area contributed by atoms with Gasteiger partial charge in [0.05, 0.1) is 5.69 Å². The van der Waals surface area contributed by atoms with E-state index in [9.17, 15) is 9.59 Å². The standard InChI is InChI=1S/C29H37Cl2N7O2.ClH/c1-4-37(14-12-30)27-17-21(20-36(2)3)16-25(19-27)34-29(40)23-10-8-22(9-11-23)28(39)33-24-6-5-7-26(18-24)38(35-32)15-13-31;/h5-11,16-19,35H,4,12-15,20,32H2,1-3H3,(H,33,39)(H,34,40);1H. The number of halogens is 3. The second-order valence-electron chi connectivity index (χ2n) is 9.40. The van der Waals surface area contributed by atoms with Crippen molar-refractivity contribution in [3.05, 3.63) is 83.4 Å². The molecule has 0 aliphatic heterocycles. The van der Waals surface area contributed by atoms with Crippen LogP contribution in [-0.2, 0) is 6.54 Å². The Hall–Kier alpha value is -3.05. The molecule has 0 unspecified atom stereocenters. The maximum atomic E-state index is 13.1. The highest BCUT2D eigenvalue weighted by atomic mass is 35.5. The van der Waals surface area contributed by atoms with E-state index in [-0.39, 0.29) is 24.2 Å². The third-order valence-electron chi connectivity index (χ3n) is 6.12. The van der Waals surface area contributed by atoms with Crippen molar-refractivity contribution in [2.75, 3.05) is 66.0 Å². The van der Waals surface area contributed by atoms with Crippen LogP contribution in [0.2, 0.25) is 0 Å². The Kier molecular flexibility index (Phi) is 14.2. The summed E-state index contributed by atoms with van der Waals surface area (Å²) in [4.78, 5) is 30.2.